The average molecular weight is 210 g/mol. The van der Waals surface area contributed by atoms with E-state index in [9.17, 15) is 4.79 Å². The maximum Gasteiger partial charge on any atom is 0.254 e. The van der Waals surface area contributed by atoms with Crippen LogP contribution in [0, 0.1) is 6.92 Å². The molecule has 0 atom stereocenters. The van der Waals surface area contributed by atoms with Crippen molar-refractivity contribution < 1.29 is 5.11 Å². The summed E-state index contributed by atoms with van der Waals surface area (Å²) in [5, 5.41) is 8.82. The number of H-pyrrole nitrogens is 1. The smallest absolute Gasteiger partial charge is 0.254 e. The summed E-state index contributed by atoms with van der Waals surface area (Å²) in [5.41, 5.74) is 0.978. The van der Waals surface area contributed by atoms with E-state index in [1.165, 1.54) is 0 Å². The van der Waals surface area contributed by atoms with E-state index in [2.05, 4.69) is 9.97 Å². The number of aromatic amines is 1. The Kier molecular flexibility index (Phi) is 3.29. The largest absolute Gasteiger partial charge is 0.396 e. The van der Waals surface area contributed by atoms with Gasteiger partial charge < -0.3 is 10.1 Å². The van der Waals surface area contributed by atoms with Gasteiger partial charge in [-0.1, -0.05) is 20.8 Å². The molecule has 0 bridgehead atoms. The zero-order valence-corrected chi connectivity index (χ0v) is 9.72. The van der Waals surface area contributed by atoms with Gasteiger partial charge in [-0.15, -0.1) is 0 Å². The summed E-state index contributed by atoms with van der Waals surface area (Å²) < 4.78 is 0. The number of hydrogen-bond acceptors (Lipinski definition) is 3. The van der Waals surface area contributed by atoms with Gasteiger partial charge in [-0.25, -0.2) is 4.98 Å². The van der Waals surface area contributed by atoms with Gasteiger partial charge in [0.05, 0.1) is 0 Å². The molecule has 1 heterocycles. The molecule has 0 aliphatic rings. The maximum atomic E-state index is 11.7. The zero-order chi connectivity index (χ0) is 11.6. The van der Waals surface area contributed by atoms with Crippen LogP contribution in [0.2, 0.25) is 0 Å². The maximum absolute atomic E-state index is 11.7. The topological polar surface area (TPSA) is 66.0 Å². The molecule has 0 saturated carbocycles. The van der Waals surface area contributed by atoms with Gasteiger partial charge >= 0.3 is 0 Å². The highest BCUT2D eigenvalue weighted by Gasteiger charge is 2.18. The second-order valence-electron chi connectivity index (χ2n) is 4.70. The average Bonchev–Trinajstić information content (AvgIpc) is 2.09. The van der Waals surface area contributed by atoms with Gasteiger partial charge in [-0.2, -0.15) is 0 Å². The van der Waals surface area contributed by atoms with E-state index >= 15 is 0 Å². The van der Waals surface area contributed by atoms with Gasteiger partial charge in [-0.3, -0.25) is 4.79 Å². The van der Waals surface area contributed by atoms with Crippen LogP contribution in [0.4, 0.5) is 0 Å². The Morgan fingerprint density at radius 2 is 2.00 bits per heavy atom. The lowest BCUT2D eigenvalue weighted by Gasteiger charge is -2.18. The van der Waals surface area contributed by atoms with Crippen LogP contribution in [0.15, 0.2) is 4.79 Å². The van der Waals surface area contributed by atoms with Crippen molar-refractivity contribution in [1.29, 1.82) is 0 Å². The van der Waals surface area contributed by atoms with Gasteiger partial charge in [-0.05, 0) is 6.92 Å². The standard InChI is InChI=1S/C11H18N2O2/c1-7-8(5-6-14)9(15)13-10(12-7)11(2,3)4/h14H,5-6H2,1-4H3,(H,12,13,15). The van der Waals surface area contributed by atoms with Crippen molar-refractivity contribution in [3.8, 4) is 0 Å². The number of nitrogens with zero attached hydrogens (tertiary/aromatic N) is 1. The molecule has 1 rings (SSSR count). The van der Waals surface area contributed by atoms with Crippen molar-refractivity contribution in [1.82, 2.24) is 9.97 Å². The molecule has 4 nitrogen and oxygen atoms in total. The number of nitrogens with one attached hydrogen (secondary N) is 1. The minimum absolute atomic E-state index is 0.0273. The zero-order valence-electron chi connectivity index (χ0n) is 9.72. The summed E-state index contributed by atoms with van der Waals surface area (Å²) in [7, 11) is 0. The number of aliphatic hydroxyl groups excluding tert-OH is 1. The summed E-state index contributed by atoms with van der Waals surface area (Å²) in [6.07, 6.45) is 0.360. The minimum Gasteiger partial charge on any atom is -0.396 e. The molecule has 0 amide bonds. The van der Waals surface area contributed by atoms with Crippen LogP contribution in [0.5, 0.6) is 0 Å². The quantitative estimate of drug-likeness (QED) is 0.762. The Morgan fingerprint density at radius 3 is 2.40 bits per heavy atom. The van der Waals surface area contributed by atoms with Gasteiger partial charge in [0.2, 0.25) is 0 Å². The number of hydrogen-bond donors (Lipinski definition) is 2. The molecule has 0 aliphatic heterocycles. The first-order chi connectivity index (χ1) is 6.86. The van der Waals surface area contributed by atoms with Crippen LogP contribution in [-0.4, -0.2) is 21.7 Å². The number of aliphatic hydroxyl groups is 1. The first-order valence-corrected chi connectivity index (χ1v) is 5.07. The van der Waals surface area contributed by atoms with Crippen molar-refractivity contribution in [2.75, 3.05) is 6.61 Å². The number of aromatic nitrogens is 2. The molecule has 0 aliphatic carbocycles. The Morgan fingerprint density at radius 1 is 1.40 bits per heavy atom. The predicted molar refractivity (Wildman–Crippen MR) is 59.1 cm³/mol. The molecule has 2 N–H and O–H groups in total. The van der Waals surface area contributed by atoms with Crippen LogP contribution in [0.1, 0.15) is 37.9 Å². The molecule has 0 unspecified atom stereocenters. The fraction of sp³-hybridized carbons (Fsp3) is 0.636. The normalized spacial score (nSPS) is 11.8. The van der Waals surface area contributed by atoms with E-state index < -0.39 is 0 Å². The first-order valence-electron chi connectivity index (χ1n) is 5.07. The van der Waals surface area contributed by atoms with Crippen LogP contribution in [0.25, 0.3) is 0 Å². The summed E-state index contributed by atoms with van der Waals surface area (Å²) in [4.78, 5) is 18.8. The van der Waals surface area contributed by atoms with E-state index in [-0.39, 0.29) is 17.6 Å². The van der Waals surface area contributed by atoms with Crippen LogP contribution < -0.4 is 5.56 Å². The lowest BCUT2D eigenvalue weighted by atomic mass is 9.95. The second kappa shape index (κ2) is 4.14. The predicted octanol–water partition coefficient (Wildman–Crippen LogP) is 0.911. The molecule has 0 aromatic carbocycles. The highest BCUT2D eigenvalue weighted by molar-refractivity contribution is 5.18. The van der Waals surface area contributed by atoms with Gasteiger partial charge in [0.15, 0.2) is 0 Å². The Balaban J connectivity index is 3.26. The van der Waals surface area contributed by atoms with Gasteiger partial charge in [0.25, 0.3) is 5.56 Å². The summed E-state index contributed by atoms with van der Waals surface area (Å²) >= 11 is 0. The van der Waals surface area contributed by atoms with Crippen molar-refractivity contribution in [3.05, 3.63) is 27.4 Å². The second-order valence-corrected chi connectivity index (χ2v) is 4.70. The fourth-order valence-electron chi connectivity index (χ4n) is 1.37. The Hall–Kier alpha value is -1.16. The minimum atomic E-state index is -0.165. The molecule has 4 heteroatoms. The van der Waals surface area contributed by atoms with Crippen LogP contribution in [0.3, 0.4) is 0 Å². The highest BCUT2D eigenvalue weighted by atomic mass is 16.3. The van der Waals surface area contributed by atoms with Gasteiger partial charge in [0, 0.05) is 29.7 Å². The lowest BCUT2D eigenvalue weighted by molar-refractivity contribution is 0.298. The molecular formula is C11H18N2O2. The summed E-state index contributed by atoms with van der Waals surface area (Å²) in [6.45, 7) is 7.76. The van der Waals surface area contributed by atoms with Gasteiger partial charge in [0.1, 0.15) is 5.82 Å². The highest BCUT2D eigenvalue weighted by Crippen LogP contribution is 2.17. The van der Waals surface area contributed by atoms with Crippen LogP contribution in [-0.2, 0) is 11.8 Å². The third-order valence-corrected chi connectivity index (χ3v) is 2.29. The first kappa shape index (κ1) is 11.9. The third kappa shape index (κ3) is 2.65. The van der Waals surface area contributed by atoms with Crippen molar-refractivity contribution >= 4 is 0 Å². The van der Waals surface area contributed by atoms with Crippen molar-refractivity contribution in [2.24, 2.45) is 0 Å². The third-order valence-electron chi connectivity index (χ3n) is 2.29. The Bertz CT molecular complexity index is 402. The molecule has 0 radical (unpaired) electrons. The molecule has 15 heavy (non-hydrogen) atoms. The molecule has 0 spiro atoms. The number of rotatable bonds is 2. The van der Waals surface area contributed by atoms with Crippen molar-refractivity contribution in [3.63, 3.8) is 0 Å². The summed E-state index contributed by atoms with van der Waals surface area (Å²) in [6, 6.07) is 0. The summed E-state index contributed by atoms with van der Waals surface area (Å²) in [5.74, 6) is 0.687. The SMILES string of the molecule is Cc1nc(C(C)(C)C)[nH]c(=O)c1CCO. The monoisotopic (exact) mass is 210 g/mol. The molecule has 0 saturated heterocycles. The van der Waals surface area contributed by atoms with E-state index in [1.807, 2.05) is 20.8 Å². The van der Waals surface area contributed by atoms with E-state index in [4.69, 9.17) is 5.11 Å². The number of aryl methyl sites for hydroxylation is 1. The molecule has 1 aromatic rings. The molecule has 1 aromatic heterocycles. The lowest BCUT2D eigenvalue weighted by Crippen LogP contribution is -2.26. The van der Waals surface area contributed by atoms with Crippen LogP contribution >= 0.6 is 0 Å². The van der Waals surface area contributed by atoms with E-state index in [0.717, 1.165) is 0 Å². The van der Waals surface area contributed by atoms with E-state index in [1.54, 1.807) is 6.92 Å². The molecule has 0 fully saturated rings. The van der Waals surface area contributed by atoms with Crippen molar-refractivity contribution in [2.45, 2.75) is 39.5 Å². The van der Waals surface area contributed by atoms with E-state index in [0.29, 0.717) is 23.5 Å². The molecule has 84 valence electrons. The fourth-order valence-corrected chi connectivity index (χ4v) is 1.37. The Labute approximate surface area is 89.4 Å². The molecular weight excluding hydrogens is 192 g/mol.